The highest BCUT2D eigenvalue weighted by molar-refractivity contribution is 7.89. The van der Waals surface area contributed by atoms with Crippen molar-refractivity contribution in [2.24, 2.45) is 5.92 Å². The third-order valence-electron chi connectivity index (χ3n) is 4.58. The van der Waals surface area contributed by atoms with Crippen LogP contribution in [0.1, 0.15) is 19.8 Å². The molecule has 0 radical (unpaired) electrons. The molecule has 10 heteroatoms. The molecule has 1 aromatic carbocycles. The number of hydrogen-bond donors (Lipinski definition) is 2. The number of nitrogens with one attached hydrogen (secondary N) is 1. The highest BCUT2D eigenvalue weighted by Crippen LogP contribution is 2.32. The molecule has 0 aromatic heterocycles. The smallest absolute Gasteiger partial charge is 0.308 e. The van der Waals surface area contributed by atoms with Crippen LogP contribution in [-0.2, 0) is 19.6 Å². The van der Waals surface area contributed by atoms with Crippen LogP contribution in [0.3, 0.4) is 0 Å². The monoisotopic (exact) mass is 398 g/mol. The van der Waals surface area contributed by atoms with Gasteiger partial charge in [-0.05, 0) is 25.5 Å². The minimum Gasteiger partial charge on any atom is -0.490 e. The molecule has 2 aliphatic rings. The number of hydrogen-bond acceptors (Lipinski definition) is 6. The molecule has 1 fully saturated rings. The zero-order valence-corrected chi connectivity index (χ0v) is 15.7. The van der Waals surface area contributed by atoms with Crippen molar-refractivity contribution in [2.45, 2.75) is 30.7 Å². The van der Waals surface area contributed by atoms with Crippen LogP contribution >= 0.6 is 0 Å². The lowest BCUT2D eigenvalue weighted by Crippen LogP contribution is -2.46. The van der Waals surface area contributed by atoms with Crippen LogP contribution in [0.15, 0.2) is 23.1 Å². The highest BCUT2D eigenvalue weighted by Gasteiger charge is 2.34. The lowest BCUT2D eigenvalue weighted by Gasteiger charge is -2.21. The molecule has 1 amide bonds. The van der Waals surface area contributed by atoms with E-state index in [2.05, 4.69) is 4.72 Å². The first-order chi connectivity index (χ1) is 12.8. The summed E-state index contributed by atoms with van der Waals surface area (Å²) in [7, 11) is -3.96. The zero-order chi connectivity index (χ0) is 19.6. The first-order valence-corrected chi connectivity index (χ1v) is 10.2. The van der Waals surface area contributed by atoms with Crippen molar-refractivity contribution >= 4 is 21.9 Å². The van der Waals surface area contributed by atoms with Gasteiger partial charge < -0.3 is 19.5 Å². The minimum absolute atomic E-state index is 0.0313. The average Bonchev–Trinajstić information content (AvgIpc) is 3.00. The molecule has 1 aromatic rings. The number of fused-ring (bicyclic) bond motifs is 1. The summed E-state index contributed by atoms with van der Waals surface area (Å²) in [6.07, 6.45) is 1.07. The van der Waals surface area contributed by atoms with Crippen molar-refractivity contribution in [3.8, 4) is 11.5 Å². The third-order valence-corrected chi connectivity index (χ3v) is 6.12. The number of carboxylic acid groups (broad SMARTS) is 1. The van der Waals surface area contributed by atoms with E-state index in [1.165, 1.54) is 30.0 Å². The van der Waals surface area contributed by atoms with Gasteiger partial charge in [0.25, 0.3) is 0 Å². The summed E-state index contributed by atoms with van der Waals surface area (Å²) in [6.45, 7) is 2.75. The maximum Gasteiger partial charge on any atom is 0.308 e. The fourth-order valence-electron chi connectivity index (χ4n) is 3.10. The molecule has 9 nitrogen and oxygen atoms in total. The average molecular weight is 398 g/mol. The van der Waals surface area contributed by atoms with Gasteiger partial charge in [-0.3, -0.25) is 9.59 Å². The summed E-state index contributed by atoms with van der Waals surface area (Å²) < 4.78 is 38.6. The largest absolute Gasteiger partial charge is 0.490 e. The number of carbonyl (C=O) groups excluding carboxylic acids is 1. The number of aliphatic carboxylic acids is 1. The predicted octanol–water partition coefficient (Wildman–Crippen LogP) is 0.448. The normalized spacial score (nSPS) is 20.8. The van der Waals surface area contributed by atoms with Crippen LogP contribution in [-0.4, -0.2) is 62.6 Å². The molecule has 27 heavy (non-hydrogen) atoms. The van der Waals surface area contributed by atoms with Gasteiger partial charge in [0.2, 0.25) is 15.9 Å². The maximum absolute atomic E-state index is 12.6. The Morgan fingerprint density at radius 2 is 1.96 bits per heavy atom. The van der Waals surface area contributed by atoms with E-state index in [-0.39, 0.29) is 11.4 Å². The van der Waals surface area contributed by atoms with E-state index in [9.17, 15) is 18.0 Å². The molecular formula is C17H22N2O7S. The van der Waals surface area contributed by atoms with E-state index < -0.39 is 33.9 Å². The Hall–Kier alpha value is -2.33. The lowest BCUT2D eigenvalue weighted by atomic mass is 10.1. The number of likely N-dealkylation sites (tertiary alicyclic amines) is 1. The van der Waals surface area contributed by atoms with E-state index >= 15 is 0 Å². The first kappa shape index (κ1) is 19.4. The molecule has 1 saturated heterocycles. The molecular weight excluding hydrogens is 376 g/mol. The van der Waals surface area contributed by atoms with E-state index in [0.717, 1.165) is 0 Å². The zero-order valence-electron chi connectivity index (χ0n) is 14.9. The molecule has 2 aliphatic heterocycles. The van der Waals surface area contributed by atoms with Crippen molar-refractivity contribution in [1.82, 2.24) is 9.62 Å². The summed E-state index contributed by atoms with van der Waals surface area (Å²) in [4.78, 5) is 24.8. The van der Waals surface area contributed by atoms with Gasteiger partial charge in [0.1, 0.15) is 0 Å². The summed E-state index contributed by atoms with van der Waals surface area (Å²) in [6, 6.07) is 3.28. The minimum atomic E-state index is -3.96. The second-order valence-electron chi connectivity index (χ2n) is 6.61. The molecule has 148 valence electrons. The SMILES string of the molecule is CC(NS(=O)(=O)c1ccc2c(c1)OCCCO2)C(=O)N1CCC(C(=O)O)C1. The molecule has 0 saturated carbocycles. The van der Waals surface area contributed by atoms with Gasteiger partial charge in [-0.15, -0.1) is 0 Å². The summed E-state index contributed by atoms with van der Waals surface area (Å²) in [5, 5.41) is 9.03. The van der Waals surface area contributed by atoms with Gasteiger partial charge in [-0.1, -0.05) is 0 Å². The summed E-state index contributed by atoms with van der Waals surface area (Å²) in [5.41, 5.74) is 0. The maximum atomic E-state index is 12.6. The van der Waals surface area contributed by atoms with E-state index in [0.29, 0.717) is 44.1 Å². The van der Waals surface area contributed by atoms with Gasteiger partial charge in [-0.25, -0.2) is 8.42 Å². The number of carboxylic acids is 1. The van der Waals surface area contributed by atoms with E-state index in [1.807, 2.05) is 0 Å². The molecule has 2 atom stereocenters. The Kier molecular flexibility index (Phi) is 5.56. The number of rotatable bonds is 5. The number of amides is 1. The summed E-state index contributed by atoms with van der Waals surface area (Å²) >= 11 is 0. The van der Waals surface area contributed by atoms with Crippen LogP contribution in [0.4, 0.5) is 0 Å². The van der Waals surface area contributed by atoms with Gasteiger partial charge in [0.05, 0.1) is 30.1 Å². The first-order valence-electron chi connectivity index (χ1n) is 8.71. The number of carbonyl (C=O) groups is 2. The van der Waals surface area contributed by atoms with Crippen LogP contribution in [0.2, 0.25) is 0 Å². The van der Waals surface area contributed by atoms with E-state index in [4.69, 9.17) is 14.6 Å². The Morgan fingerprint density at radius 3 is 2.63 bits per heavy atom. The Labute approximate surface area is 157 Å². The fraction of sp³-hybridized carbons (Fsp3) is 0.529. The van der Waals surface area contributed by atoms with E-state index in [1.54, 1.807) is 0 Å². The van der Waals surface area contributed by atoms with Gasteiger partial charge in [0, 0.05) is 25.6 Å². The number of benzene rings is 1. The van der Waals surface area contributed by atoms with Gasteiger partial charge in [-0.2, -0.15) is 4.72 Å². The number of nitrogens with zero attached hydrogens (tertiary/aromatic N) is 1. The lowest BCUT2D eigenvalue weighted by molar-refractivity contribution is -0.141. The standard InChI is InChI=1S/C17H22N2O7S/c1-11(16(20)19-6-5-12(10-19)17(21)22)18-27(23,24)13-3-4-14-15(9-13)26-8-2-7-25-14/h3-4,9,11-12,18H,2,5-8,10H2,1H3,(H,21,22). The van der Waals surface area contributed by atoms with Crippen molar-refractivity contribution in [2.75, 3.05) is 26.3 Å². The molecule has 3 rings (SSSR count). The van der Waals surface area contributed by atoms with Crippen LogP contribution in [0.5, 0.6) is 11.5 Å². The van der Waals surface area contributed by atoms with Crippen molar-refractivity contribution in [1.29, 1.82) is 0 Å². The molecule has 0 spiro atoms. The predicted molar refractivity (Wildman–Crippen MR) is 94.2 cm³/mol. The Bertz CT molecular complexity index is 840. The highest BCUT2D eigenvalue weighted by atomic mass is 32.2. The van der Waals surface area contributed by atoms with Crippen molar-refractivity contribution in [3.05, 3.63) is 18.2 Å². The van der Waals surface area contributed by atoms with Crippen LogP contribution < -0.4 is 14.2 Å². The number of sulfonamides is 1. The second-order valence-corrected chi connectivity index (χ2v) is 8.32. The third kappa shape index (κ3) is 4.33. The van der Waals surface area contributed by atoms with Crippen LogP contribution in [0, 0.1) is 5.92 Å². The Morgan fingerprint density at radius 1 is 1.26 bits per heavy atom. The summed E-state index contributed by atoms with van der Waals surface area (Å²) in [5.74, 6) is -1.19. The quantitative estimate of drug-likeness (QED) is 0.738. The van der Waals surface area contributed by atoms with Crippen molar-refractivity contribution in [3.63, 3.8) is 0 Å². The van der Waals surface area contributed by atoms with Gasteiger partial charge in [0.15, 0.2) is 11.5 Å². The van der Waals surface area contributed by atoms with Crippen molar-refractivity contribution < 1.29 is 32.6 Å². The fourth-order valence-corrected chi connectivity index (χ4v) is 4.31. The number of ether oxygens (including phenoxy) is 2. The molecule has 2 unspecified atom stereocenters. The Balaban J connectivity index is 1.70. The van der Waals surface area contributed by atoms with Gasteiger partial charge >= 0.3 is 5.97 Å². The molecule has 0 bridgehead atoms. The molecule has 0 aliphatic carbocycles. The molecule has 2 heterocycles. The molecule has 2 N–H and O–H groups in total. The second kappa shape index (κ2) is 7.73. The topological polar surface area (TPSA) is 122 Å². The van der Waals surface area contributed by atoms with Crippen LogP contribution in [0.25, 0.3) is 0 Å².